The summed E-state index contributed by atoms with van der Waals surface area (Å²) in [6, 6.07) is 0.0614. The normalized spacial score (nSPS) is 25.2. The molecule has 1 atom stereocenters. The van der Waals surface area contributed by atoms with Gasteiger partial charge in [-0.3, -0.25) is 4.79 Å². The highest BCUT2D eigenvalue weighted by Crippen LogP contribution is 2.19. The maximum Gasteiger partial charge on any atom is 0.237 e. The Hall–Kier alpha value is -0.830. The van der Waals surface area contributed by atoms with Crippen LogP contribution in [0.5, 0.6) is 0 Å². The molecule has 0 bridgehead atoms. The van der Waals surface area contributed by atoms with E-state index in [-0.39, 0.29) is 11.9 Å². The topological polar surface area (TPSA) is 41.1 Å². The van der Waals surface area contributed by atoms with Gasteiger partial charge in [-0.25, -0.2) is 0 Å². The van der Waals surface area contributed by atoms with Gasteiger partial charge < -0.3 is 10.6 Å². The zero-order chi connectivity index (χ0) is 11.2. The third-order valence-electron chi connectivity index (χ3n) is 3.51. The van der Waals surface area contributed by atoms with Crippen LogP contribution in [-0.4, -0.2) is 25.0 Å². The molecule has 1 aliphatic heterocycles. The molecule has 0 aromatic rings. The summed E-state index contributed by atoms with van der Waals surface area (Å²) in [6.07, 6.45) is 10.5. The maximum absolute atomic E-state index is 11.8. The number of carbonyl (C=O) groups is 1. The van der Waals surface area contributed by atoms with E-state index in [0.29, 0.717) is 0 Å². The molecule has 0 spiro atoms. The van der Waals surface area contributed by atoms with Crippen molar-refractivity contribution in [3.05, 3.63) is 11.6 Å². The van der Waals surface area contributed by atoms with Crippen LogP contribution in [0.1, 0.15) is 44.9 Å². The molecule has 1 heterocycles. The lowest BCUT2D eigenvalue weighted by Gasteiger charge is -2.22. The highest BCUT2D eigenvalue weighted by atomic mass is 16.2. The standard InChI is InChI=1S/C13H22N2O/c16-13(12-7-3-4-9-14-12)15-10-8-11-5-1-2-6-11/h5,12,14H,1-4,6-10H2,(H,15,16)/t12-/m0/s1. The molecule has 90 valence electrons. The fourth-order valence-corrected chi connectivity index (χ4v) is 2.51. The molecule has 0 aromatic carbocycles. The zero-order valence-electron chi connectivity index (χ0n) is 9.93. The summed E-state index contributed by atoms with van der Waals surface area (Å²) in [5.74, 6) is 0.193. The summed E-state index contributed by atoms with van der Waals surface area (Å²) in [5.41, 5.74) is 1.52. The number of amides is 1. The lowest BCUT2D eigenvalue weighted by Crippen LogP contribution is -2.46. The quantitative estimate of drug-likeness (QED) is 0.711. The van der Waals surface area contributed by atoms with Gasteiger partial charge in [0.1, 0.15) is 0 Å². The molecule has 1 saturated heterocycles. The number of piperidine rings is 1. The fourth-order valence-electron chi connectivity index (χ4n) is 2.51. The van der Waals surface area contributed by atoms with Gasteiger partial charge >= 0.3 is 0 Å². The van der Waals surface area contributed by atoms with Crippen molar-refractivity contribution in [2.75, 3.05) is 13.1 Å². The summed E-state index contributed by atoms with van der Waals surface area (Å²) in [7, 11) is 0. The molecule has 0 aromatic heterocycles. The number of nitrogens with one attached hydrogen (secondary N) is 2. The summed E-state index contributed by atoms with van der Waals surface area (Å²) in [4.78, 5) is 11.8. The Labute approximate surface area is 97.7 Å². The van der Waals surface area contributed by atoms with Gasteiger partial charge in [-0.15, -0.1) is 0 Å². The second kappa shape index (κ2) is 6.04. The van der Waals surface area contributed by atoms with Crippen molar-refractivity contribution >= 4 is 5.91 Å². The van der Waals surface area contributed by atoms with Gasteiger partial charge in [0.25, 0.3) is 0 Å². The van der Waals surface area contributed by atoms with Crippen molar-refractivity contribution in [2.45, 2.75) is 51.0 Å². The van der Waals surface area contributed by atoms with E-state index >= 15 is 0 Å². The summed E-state index contributed by atoms with van der Waals surface area (Å²) in [6.45, 7) is 1.80. The first-order chi connectivity index (χ1) is 7.86. The third kappa shape index (κ3) is 3.34. The van der Waals surface area contributed by atoms with Crippen molar-refractivity contribution in [1.29, 1.82) is 0 Å². The van der Waals surface area contributed by atoms with Crippen LogP contribution in [0.15, 0.2) is 11.6 Å². The molecule has 1 amide bonds. The van der Waals surface area contributed by atoms with Crippen LogP contribution in [0, 0.1) is 0 Å². The summed E-state index contributed by atoms with van der Waals surface area (Å²) < 4.78 is 0. The molecule has 2 N–H and O–H groups in total. The third-order valence-corrected chi connectivity index (χ3v) is 3.51. The molecule has 1 aliphatic carbocycles. The van der Waals surface area contributed by atoms with Crippen LogP contribution in [0.3, 0.4) is 0 Å². The second-order valence-electron chi connectivity index (χ2n) is 4.80. The fraction of sp³-hybridized carbons (Fsp3) is 0.769. The highest BCUT2D eigenvalue weighted by molar-refractivity contribution is 5.81. The number of hydrogen-bond donors (Lipinski definition) is 2. The first-order valence-corrected chi connectivity index (χ1v) is 6.55. The number of allylic oxidation sites excluding steroid dienone is 1. The van der Waals surface area contributed by atoms with Gasteiger partial charge in [-0.05, 0) is 45.1 Å². The van der Waals surface area contributed by atoms with E-state index in [1.807, 2.05) is 0 Å². The smallest absolute Gasteiger partial charge is 0.237 e. The Bertz CT molecular complexity index is 267. The van der Waals surface area contributed by atoms with Crippen molar-refractivity contribution in [3.63, 3.8) is 0 Å². The number of rotatable bonds is 4. The molecule has 0 radical (unpaired) electrons. The van der Waals surface area contributed by atoms with E-state index in [9.17, 15) is 4.79 Å². The molecule has 3 nitrogen and oxygen atoms in total. The van der Waals surface area contributed by atoms with E-state index < -0.39 is 0 Å². The highest BCUT2D eigenvalue weighted by Gasteiger charge is 2.19. The molecule has 1 fully saturated rings. The zero-order valence-corrected chi connectivity index (χ0v) is 9.93. The van der Waals surface area contributed by atoms with E-state index in [2.05, 4.69) is 16.7 Å². The first-order valence-electron chi connectivity index (χ1n) is 6.55. The van der Waals surface area contributed by atoms with Crippen molar-refractivity contribution < 1.29 is 4.79 Å². The Morgan fingerprint density at radius 2 is 2.38 bits per heavy atom. The van der Waals surface area contributed by atoms with Gasteiger partial charge in [0.05, 0.1) is 6.04 Å². The molecular weight excluding hydrogens is 200 g/mol. The minimum absolute atomic E-state index is 0.0614. The Morgan fingerprint density at radius 1 is 1.44 bits per heavy atom. The van der Waals surface area contributed by atoms with Crippen LogP contribution < -0.4 is 10.6 Å². The van der Waals surface area contributed by atoms with E-state index in [0.717, 1.165) is 25.9 Å². The SMILES string of the molecule is O=C(NCCC1=CCCC1)[C@@H]1CCCCN1. The minimum atomic E-state index is 0.0614. The van der Waals surface area contributed by atoms with Crippen LogP contribution in [0.2, 0.25) is 0 Å². The van der Waals surface area contributed by atoms with Crippen LogP contribution in [0.4, 0.5) is 0 Å². The van der Waals surface area contributed by atoms with Gasteiger partial charge in [0.2, 0.25) is 5.91 Å². The van der Waals surface area contributed by atoms with Crippen molar-refractivity contribution in [2.24, 2.45) is 0 Å². The lowest BCUT2D eigenvalue weighted by molar-refractivity contribution is -0.123. The molecule has 0 saturated carbocycles. The molecule has 16 heavy (non-hydrogen) atoms. The minimum Gasteiger partial charge on any atom is -0.354 e. The molecule has 3 heteroatoms. The predicted octanol–water partition coefficient (Wildman–Crippen LogP) is 1.75. The van der Waals surface area contributed by atoms with Crippen molar-refractivity contribution in [1.82, 2.24) is 10.6 Å². The number of hydrogen-bond acceptors (Lipinski definition) is 2. The molecule has 2 aliphatic rings. The van der Waals surface area contributed by atoms with E-state index in [1.54, 1.807) is 0 Å². The predicted molar refractivity (Wildman–Crippen MR) is 65.2 cm³/mol. The summed E-state index contributed by atoms with van der Waals surface area (Å²) in [5, 5.41) is 6.31. The second-order valence-corrected chi connectivity index (χ2v) is 4.80. The van der Waals surface area contributed by atoms with Crippen LogP contribution in [0.25, 0.3) is 0 Å². The Morgan fingerprint density at radius 3 is 3.06 bits per heavy atom. The average molecular weight is 222 g/mol. The average Bonchev–Trinajstić information content (AvgIpc) is 2.83. The first kappa shape index (κ1) is 11.6. The van der Waals surface area contributed by atoms with Gasteiger partial charge in [-0.2, -0.15) is 0 Å². The van der Waals surface area contributed by atoms with E-state index in [1.165, 1.54) is 37.7 Å². The maximum atomic E-state index is 11.8. The van der Waals surface area contributed by atoms with Gasteiger partial charge in [0, 0.05) is 6.54 Å². The van der Waals surface area contributed by atoms with Crippen LogP contribution in [-0.2, 0) is 4.79 Å². The van der Waals surface area contributed by atoms with Crippen LogP contribution >= 0.6 is 0 Å². The van der Waals surface area contributed by atoms with Gasteiger partial charge in [0.15, 0.2) is 0 Å². The largest absolute Gasteiger partial charge is 0.354 e. The van der Waals surface area contributed by atoms with E-state index in [4.69, 9.17) is 0 Å². The monoisotopic (exact) mass is 222 g/mol. The number of carbonyl (C=O) groups excluding carboxylic acids is 1. The Kier molecular flexibility index (Phi) is 4.40. The molecular formula is C13H22N2O. The lowest BCUT2D eigenvalue weighted by atomic mass is 10.0. The van der Waals surface area contributed by atoms with Gasteiger partial charge in [-0.1, -0.05) is 18.1 Å². The van der Waals surface area contributed by atoms with Crippen molar-refractivity contribution in [3.8, 4) is 0 Å². The Balaban J connectivity index is 1.63. The molecule has 2 rings (SSSR count). The molecule has 0 unspecified atom stereocenters. The summed E-state index contributed by atoms with van der Waals surface area (Å²) >= 11 is 0.